The first-order chi connectivity index (χ1) is 12.2. The van der Waals surface area contributed by atoms with Crippen molar-refractivity contribution >= 4 is 54.8 Å². The van der Waals surface area contributed by atoms with Crippen molar-refractivity contribution in [3.05, 3.63) is 66.2 Å². The van der Waals surface area contributed by atoms with E-state index >= 15 is 0 Å². The molecular weight excluding hydrogens is 355 g/mol. The molecule has 0 saturated heterocycles. The van der Waals surface area contributed by atoms with Crippen molar-refractivity contribution < 1.29 is 4.39 Å². The standard InChI is InChI=1S/C18H13FN4S2/c19-13-4-5-15-16(8-13)25-18(22-15)23-17(24)21-10-12-3-1-2-11-9-20-7-6-14(11)12/h1-9H,10H2,(H2,21,22,23,24). The van der Waals surface area contributed by atoms with Gasteiger partial charge >= 0.3 is 0 Å². The van der Waals surface area contributed by atoms with Crippen molar-refractivity contribution in [3.8, 4) is 0 Å². The summed E-state index contributed by atoms with van der Waals surface area (Å²) >= 11 is 6.71. The minimum absolute atomic E-state index is 0.270. The Hall–Kier alpha value is -2.64. The maximum atomic E-state index is 13.3. The minimum Gasteiger partial charge on any atom is -0.358 e. The van der Waals surface area contributed by atoms with Gasteiger partial charge in [-0.3, -0.25) is 4.98 Å². The highest BCUT2D eigenvalue weighted by atomic mass is 32.1. The van der Waals surface area contributed by atoms with E-state index in [2.05, 4.69) is 26.7 Å². The van der Waals surface area contributed by atoms with Crippen LogP contribution < -0.4 is 10.6 Å². The predicted octanol–water partition coefficient (Wildman–Crippen LogP) is 4.47. The molecule has 0 radical (unpaired) electrons. The van der Waals surface area contributed by atoms with Gasteiger partial charge in [0, 0.05) is 24.3 Å². The predicted molar refractivity (Wildman–Crippen MR) is 104 cm³/mol. The Labute approximate surface area is 152 Å². The molecule has 25 heavy (non-hydrogen) atoms. The normalized spacial score (nSPS) is 10.9. The number of rotatable bonds is 3. The third-order valence-electron chi connectivity index (χ3n) is 3.78. The van der Waals surface area contributed by atoms with E-state index in [1.807, 2.05) is 24.4 Å². The molecule has 7 heteroatoms. The number of hydrogen-bond donors (Lipinski definition) is 2. The minimum atomic E-state index is -0.270. The van der Waals surface area contributed by atoms with Gasteiger partial charge in [0.1, 0.15) is 5.82 Å². The van der Waals surface area contributed by atoms with Gasteiger partial charge in [-0.2, -0.15) is 0 Å². The van der Waals surface area contributed by atoms with Gasteiger partial charge in [-0.15, -0.1) is 0 Å². The first-order valence-corrected chi connectivity index (χ1v) is 8.84. The first-order valence-electron chi connectivity index (χ1n) is 7.61. The molecule has 4 nitrogen and oxygen atoms in total. The highest BCUT2D eigenvalue weighted by Gasteiger charge is 2.07. The van der Waals surface area contributed by atoms with Gasteiger partial charge in [0.15, 0.2) is 10.2 Å². The lowest BCUT2D eigenvalue weighted by molar-refractivity contribution is 0.630. The lowest BCUT2D eigenvalue weighted by Gasteiger charge is -2.10. The average molecular weight is 368 g/mol. The van der Waals surface area contributed by atoms with Crippen LogP contribution in [0.25, 0.3) is 21.0 Å². The summed E-state index contributed by atoms with van der Waals surface area (Å²) in [7, 11) is 0. The number of aromatic nitrogens is 2. The average Bonchev–Trinajstić information content (AvgIpc) is 3.01. The van der Waals surface area contributed by atoms with E-state index in [1.54, 1.807) is 12.3 Å². The van der Waals surface area contributed by atoms with E-state index in [0.29, 0.717) is 16.8 Å². The highest BCUT2D eigenvalue weighted by molar-refractivity contribution is 7.80. The zero-order valence-electron chi connectivity index (χ0n) is 13.0. The SMILES string of the molecule is Fc1ccc2nc(NC(=S)NCc3cccc4cnccc34)sc2c1. The number of nitrogens with zero attached hydrogens (tertiary/aromatic N) is 2. The topological polar surface area (TPSA) is 49.8 Å². The van der Waals surface area contributed by atoms with Crippen LogP contribution in [0, 0.1) is 5.82 Å². The molecule has 4 rings (SSSR count). The van der Waals surface area contributed by atoms with Crippen LogP contribution in [0.3, 0.4) is 0 Å². The number of benzene rings is 2. The van der Waals surface area contributed by atoms with Gasteiger partial charge in [-0.05, 0) is 47.4 Å². The Morgan fingerprint density at radius 3 is 3.04 bits per heavy atom. The van der Waals surface area contributed by atoms with E-state index in [4.69, 9.17) is 12.2 Å². The lowest BCUT2D eigenvalue weighted by Crippen LogP contribution is -2.27. The van der Waals surface area contributed by atoms with Gasteiger partial charge in [0.25, 0.3) is 0 Å². The summed E-state index contributed by atoms with van der Waals surface area (Å²) in [6.45, 7) is 0.590. The largest absolute Gasteiger partial charge is 0.358 e. The zero-order chi connectivity index (χ0) is 17.2. The Balaban J connectivity index is 1.46. The molecule has 0 atom stereocenters. The number of nitrogens with one attached hydrogen (secondary N) is 2. The Morgan fingerprint density at radius 2 is 2.12 bits per heavy atom. The van der Waals surface area contributed by atoms with Crippen molar-refractivity contribution in [2.24, 2.45) is 0 Å². The second-order valence-corrected chi connectivity index (χ2v) is 6.89. The van der Waals surface area contributed by atoms with Gasteiger partial charge in [0.05, 0.1) is 10.2 Å². The van der Waals surface area contributed by atoms with Crippen LogP contribution in [0.4, 0.5) is 9.52 Å². The van der Waals surface area contributed by atoms with Crippen LogP contribution in [0.1, 0.15) is 5.56 Å². The summed E-state index contributed by atoms with van der Waals surface area (Å²) in [5.74, 6) is -0.270. The van der Waals surface area contributed by atoms with Gasteiger partial charge in [0.2, 0.25) is 0 Å². The van der Waals surface area contributed by atoms with Gasteiger partial charge in [-0.1, -0.05) is 29.5 Å². The van der Waals surface area contributed by atoms with Crippen molar-refractivity contribution in [2.45, 2.75) is 6.54 Å². The summed E-state index contributed by atoms with van der Waals surface area (Å²) in [6, 6.07) is 12.6. The number of thiazole rings is 1. The smallest absolute Gasteiger partial charge is 0.190 e. The molecule has 0 amide bonds. The second kappa shape index (κ2) is 6.70. The Bertz CT molecular complexity index is 1070. The fraction of sp³-hybridized carbons (Fsp3) is 0.0556. The number of halogens is 1. The summed E-state index contributed by atoms with van der Waals surface area (Å²) in [5.41, 5.74) is 1.88. The summed E-state index contributed by atoms with van der Waals surface area (Å²) in [4.78, 5) is 8.54. The molecule has 0 aliphatic carbocycles. The van der Waals surface area contributed by atoms with Crippen molar-refractivity contribution in [2.75, 3.05) is 5.32 Å². The van der Waals surface area contributed by atoms with Crippen LogP contribution in [0.5, 0.6) is 0 Å². The number of pyridine rings is 1. The molecule has 124 valence electrons. The molecule has 0 aliphatic heterocycles. The summed E-state index contributed by atoms with van der Waals surface area (Å²) in [5, 5.41) is 9.60. The Kier molecular flexibility index (Phi) is 4.25. The lowest BCUT2D eigenvalue weighted by atomic mass is 10.1. The summed E-state index contributed by atoms with van der Waals surface area (Å²) < 4.78 is 14.0. The van der Waals surface area contributed by atoms with Crippen LogP contribution in [-0.2, 0) is 6.54 Å². The number of thiocarbonyl (C=S) groups is 1. The maximum absolute atomic E-state index is 13.3. The highest BCUT2D eigenvalue weighted by Crippen LogP contribution is 2.26. The van der Waals surface area contributed by atoms with Crippen molar-refractivity contribution in [1.29, 1.82) is 0 Å². The summed E-state index contributed by atoms with van der Waals surface area (Å²) in [6.07, 6.45) is 3.62. The number of anilines is 1. The quantitative estimate of drug-likeness (QED) is 0.523. The van der Waals surface area contributed by atoms with Gasteiger partial charge in [-0.25, -0.2) is 9.37 Å². The monoisotopic (exact) mass is 368 g/mol. The molecule has 0 aliphatic rings. The number of fused-ring (bicyclic) bond motifs is 2. The molecule has 0 saturated carbocycles. The molecular formula is C18H13FN4S2. The molecule has 2 aromatic carbocycles. The van der Waals surface area contributed by atoms with Crippen LogP contribution in [0.15, 0.2) is 54.9 Å². The fourth-order valence-corrected chi connectivity index (χ4v) is 3.74. The van der Waals surface area contributed by atoms with Crippen LogP contribution in [-0.4, -0.2) is 15.1 Å². The molecule has 4 aromatic rings. The molecule has 0 spiro atoms. The van der Waals surface area contributed by atoms with E-state index in [0.717, 1.165) is 26.6 Å². The van der Waals surface area contributed by atoms with E-state index < -0.39 is 0 Å². The zero-order valence-corrected chi connectivity index (χ0v) is 14.6. The molecule has 2 heterocycles. The van der Waals surface area contributed by atoms with Crippen molar-refractivity contribution in [1.82, 2.24) is 15.3 Å². The maximum Gasteiger partial charge on any atom is 0.190 e. The van der Waals surface area contributed by atoms with Crippen molar-refractivity contribution in [3.63, 3.8) is 0 Å². The molecule has 0 fully saturated rings. The van der Waals surface area contributed by atoms with E-state index in [1.165, 1.54) is 23.5 Å². The van der Waals surface area contributed by atoms with Crippen LogP contribution >= 0.6 is 23.6 Å². The van der Waals surface area contributed by atoms with E-state index in [9.17, 15) is 4.39 Å². The molecule has 0 unspecified atom stereocenters. The third kappa shape index (κ3) is 3.42. The number of hydrogen-bond acceptors (Lipinski definition) is 4. The Morgan fingerprint density at radius 1 is 1.20 bits per heavy atom. The van der Waals surface area contributed by atoms with Crippen LogP contribution in [0.2, 0.25) is 0 Å². The second-order valence-electron chi connectivity index (χ2n) is 5.45. The molecule has 2 aromatic heterocycles. The van der Waals surface area contributed by atoms with E-state index in [-0.39, 0.29) is 5.82 Å². The first kappa shape index (κ1) is 15.9. The van der Waals surface area contributed by atoms with Gasteiger partial charge < -0.3 is 10.6 Å². The third-order valence-corrected chi connectivity index (χ3v) is 4.96. The molecule has 2 N–H and O–H groups in total. The molecule has 0 bridgehead atoms. The fourth-order valence-electron chi connectivity index (χ4n) is 2.61.